The van der Waals surface area contributed by atoms with Gasteiger partial charge in [-0.3, -0.25) is 0 Å². The molecule has 0 spiro atoms. The van der Waals surface area contributed by atoms with Gasteiger partial charge in [0, 0.05) is 38.9 Å². The van der Waals surface area contributed by atoms with Crippen molar-refractivity contribution in [3.05, 3.63) is 239 Å². The number of hydrogen-bond donors (Lipinski definition) is 0. The van der Waals surface area contributed by atoms with Crippen molar-refractivity contribution in [1.29, 1.82) is 0 Å². The Morgan fingerprint density at radius 1 is 0.246 bits per heavy atom. The Kier molecular flexibility index (Phi) is 8.93. The Morgan fingerprint density at radius 2 is 0.462 bits per heavy atom. The van der Waals surface area contributed by atoms with Crippen molar-refractivity contribution in [2.75, 3.05) is 0 Å². The Balaban J connectivity index is 0.933. The predicted octanol–water partition coefficient (Wildman–Crippen LogP) is 15.4. The zero-order chi connectivity index (χ0) is 43.4. The van der Waals surface area contributed by atoms with E-state index in [4.69, 9.17) is 6.42 Å². The van der Waals surface area contributed by atoms with Crippen LogP contribution in [0.15, 0.2) is 194 Å². The third-order valence-electron chi connectivity index (χ3n) is 12.9. The SMILES string of the molecule is C#Cc1cccc2cc3cccc(C#Cc4cccc5cc6cccc(C#Cc7cccc8cc9cccc(C#Cc%10cccc%11cc%12cccc(C)c%12cc%10%11)c9cc78)c6cc45)c3cc12. The highest BCUT2D eigenvalue weighted by Crippen LogP contribution is 2.32. The van der Waals surface area contributed by atoms with Gasteiger partial charge in [0.05, 0.1) is 0 Å². The molecule has 65 heavy (non-hydrogen) atoms. The molecule has 0 aromatic heterocycles. The Morgan fingerprint density at radius 3 is 0.738 bits per heavy atom. The summed E-state index contributed by atoms with van der Waals surface area (Å²) in [4.78, 5) is 0. The average molecular weight is 817 g/mol. The minimum Gasteiger partial charge on any atom is -0.115 e. The molecule has 0 nitrogen and oxygen atoms in total. The lowest BCUT2D eigenvalue weighted by molar-refractivity contribution is 1.54. The second kappa shape index (κ2) is 15.4. The van der Waals surface area contributed by atoms with E-state index < -0.39 is 0 Å². The van der Waals surface area contributed by atoms with E-state index in [0.717, 1.165) is 104 Å². The summed E-state index contributed by atoms with van der Waals surface area (Å²) in [6.07, 6.45) is 5.89. The standard InChI is InChI=1S/C65H36/c1-3-43-13-5-21-51-35-53-23-7-15-45(61(53)39-59(43)51)30-31-47-17-9-25-55-37-57-27-11-19-49(65(57)41-63(47)55)33-32-48-18-10-26-56-36-54-24-8-16-46(62(54)40-64(48)56)29-28-44-14-6-22-52-34-50-20-4-12-42(2)58(50)38-60(44)52/h1,4-27,34-41H,2H3. The fourth-order valence-corrected chi connectivity index (χ4v) is 9.55. The second-order valence-corrected chi connectivity index (χ2v) is 16.8. The molecule has 0 fully saturated rings. The van der Waals surface area contributed by atoms with Crippen LogP contribution < -0.4 is 0 Å². The third kappa shape index (κ3) is 6.68. The molecule has 0 N–H and O–H groups in total. The van der Waals surface area contributed by atoms with Crippen molar-refractivity contribution in [2.45, 2.75) is 6.92 Å². The van der Waals surface area contributed by atoms with E-state index in [2.05, 4.69) is 230 Å². The summed E-state index contributed by atoms with van der Waals surface area (Å²) in [5.74, 6) is 24.3. The van der Waals surface area contributed by atoms with Crippen molar-refractivity contribution in [2.24, 2.45) is 0 Å². The van der Waals surface area contributed by atoms with E-state index in [0.29, 0.717) is 0 Å². The molecule has 0 aliphatic rings. The molecular formula is C65H36. The summed E-state index contributed by atoms with van der Waals surface area (Å²) in [6, 6.07) is 68.8. The molecule has 296 valence electrons. The van der Waals surface area contributed by atoms with E-state index in [1.54, 1.807) is 0 Å². The molecule has 12 aromatic rings. The van der Waals surface area contributed by atoms with Crippen molar-refractivity contribution < 1.29 is 0 Å². The lowest BCUT2D eigenvalue weighted by Crippen LogP contribution is -1.87. The largest absolute Gasteiger partial charge is 0.115 e. The molecule has 0 heteroatoms. The van der Waals surface area contributed by atoms with E-state index in [1.165, 1.54) is 27.1 Å². The van der Waals surface area contributed by atoms with Gasteiger partial charge in [0.15, 0.2) is 0 Å². The van der Waals surface area contributed by atoms with Gasteiger partial charge >= 0.3 is 0 Å². The molecule has 0 saturated carbocycles. The van der Waals surface area contributed by atoms with Gasteiger partial charge in [0.25, 0.3) is 0 Å². The van der Waals surface area contributed by atoms with Crippen molar-refractivity contribution in [3.8, 4) is 47.9 Å². The summed E-state index contributed by atoms with van der Waals surface area (Å²) in [6.45, 7) is 2.17. The molecule has 12 aromatic carbocycles. The average Bonchev–Trinajstić information content (AvgIpc) is 3.34. The number of terminal acetylenes is 1. The fraction of sp³-hybridized carbons (Fsp3) is 0.0154. The van der Waals surface area contributed by atoms with Crippen molar-refractivity contribution >= 4 is 86.2 Å². The lowest BCUT2D eigenvalue weighted by Gasteiger charge is -2.08. The van der Waals surface area contributed by atoms with Crippen molar-refractivity contribution in [3.63, 3.8) is 0 Å². The van der Waals surface area contributed by atoms with Gasteiger partial charge in [-0.1, -0.05) is 145 Å². The summed E-state index contributed by atoms with van der Waals surface area (Å²) in [5.41, 5.74) is 8.06. The predicted molar refractivity (Wildman–Crippen MR) is 276 cm³/mol. The van der Waals surface area contributed by atoms with Crippen LogP contribution in [0.2, 0.25) is 0 Å². The lowest BCUT2D eigenvalue weighted by atomic mass is 9.95. The fourth-order valence-electron chi connectivity index (χ4n) is 9.55. The van der Waals surface area contributed by atoms with Gasteiger partial charge in [-0.15, -0.1) is 6.42 Å². The summed E-state index contributed by atoms with van der Waals surface area (Å²) in [7, 11) is 0. The van der Waals surface area contributed by atoms with E-state index in [-0.39, 0.29) is 0 Å². The highest BCUT2D eigenvalue weighted by atomic mass is 14.1. The van der Waals surface area contributed by atoms with Crippen LogP contribution in [0.4, 0.5) is 0 Å². The van der Waals surface area contributed by atoms with Crippen LogP contribution in [0.5, 0.6) is 0 Å². The van der Waals surface area contributed by atoms with Crippen LogP contribution in [-0.4, -0.2) is 0 Å². The first-order chi connectivity index (χ1) is 32.0. The van der Waals surface area contributed by atoms with Crippen LogP contribution in [0.25, 0.3) is 86.2 Å². The molecule has 12 rings (SSSR count). The number of fused-ring (bicyclic) bond motifs is 8. The maximum Gasteiger partial charge on any atom is 0.0327 e. The molecule has 0 atom stereocenters. The van der Waals surface area contributed by atoms with Crippen LogP contribution in [0.1, 0.15) is 44.5 Å². The minimum absolute atomic E-state index is 0.887. The number of benzene rings is 12. The molecule has 0 aliphatic carbocycles. The highest BCUT2D eigenvalue weighted by Gasteiger charge is 2.10. The summed E-state index contributed by atoms with van der Waals surface area (Å²) < 4.78 is 0. The zero-order valence-electron chi connectivity index (χ0n) is 35.6. The van der Waals surface area contributed by atoms with Crippen molar-refractivity contribution in [1.82, 2.24) is 0 Å². The molecule has 0 saturated heterocycles. The van der Waals surface area contributed by atoms with E-state index >= 15 is 0 Å². The molecule has 0 amide bonds. The maximum absolute atomic E-state index is 5.89. The molecule has 0 unspecified atom stereocenters. The van der Waals surface area contributed by atoms with Gasteiger partial charge in [-0.2, -0.15) is 0 Å². The van der Waals surface area contributed by atoms with E-state index in [9.17, 15) is 0 Å². The zero-order valence-corrected chi connectivity index (χ0v) is 35.6. The first-order valence-electron chi connectivity index (χ1n) is 21.9. The Hall–Kier alpha value is -9.04. The first kappa shape index (κ1) is 37.7. The normalized spacial score (nSPS) is 11.1. The van der Waals surface area contributed by atoms with Crippen LogP contribution >= 0.6 is 0 Å². The van der Waals surface area contributed by atoms with Gasteiger partial charge in [0.1, 0.15) is 0 Å². The minimum atomic E-state index is 0.887. The number of aryl methyl sites for hydroxylation is 1. The quantitative estimate of drug-likeness (QED) is 0.106. The van der Waals surface area contributed by atoms with Crippen LogP contribution in [-0.2, 0) is 0 Å². The van der Waals surface area contributed by atoms with E-state index in [1.807, 2.05) is 12.1 Å². The van der Waals surface area contributed by atoms with Crippen LogP contribution in [0.3, 0.4) is 0 Å². The topological polar surface area (TPSA) is 0 Å². The van der Waals surface area contributed by atoms with Gasteiger partial charge in [-0.25, -0.2) is 0 Å². The molecular weight excluding hydrogens is 781 g/mol. The molecule has 0 bridgehead atoms. The molecule has 0 radical (unpaired) electrons. The summed E-state index contributed by atoms with van der Waals surface area (Å²) >= 11 is 0. The summed E-state index contributed by atoms with van der Waals surface area (Å²) in [5, 5.41) is 18.3. The van der Waals surface area contributed by atoms with Crippen LogP contribution in [0, 0.1) is 54.8 Å². The smallest absolute Gasteiger partial charge is 0.0327 e. The number of rotatable bonds is 0. The Bertz CT molecular complexity index is 4270. The van der Waals surface area contributed by atoms with Gasteiger partial charge < -0.3 is 0 Å². The van der Waals surface area contributed by atoms with Gasteiger partial charge in [0.2, 0.25) is 0 Å². The van der Waals surface area contributed by atoms with Gasteiger partial charge in [-0.05, 0) is 190 Å². The molecule has 0 heterocycles. The molecule has 0 aliphatic heterocycles. The number of hydrogen-bond acceptors (Lipinski definition) is 0. The monoisotopic (exact) mass is 816 g/mol. The Labute approximate surface area is 377 Å². The highest BCUT2D eigenvalue weighted by molar-refractivity contribution is 6.07. The second-order valence-electron chi connectivity index (χ2n) is 16.8. The maximum atomic E-state index is 5.89. The third-order valence-corrected chi connectivity index (χ3v) is 12.9. The first-order valence-corrected chi connectivity index (χ1v) is 21.9.